The fourth-order valence-electron chi connectivity index (χ4n) is 1.54. The van der Waals surface area contributed by atoms with E-state index < -0.39 is 12.0 Å². The van der Waals surface area contributed by atoms with E-state index in [0.29, 0.717) is 6.42 Å². The van der Waals surface area contributed by atoms with Crippen LogP contribution >= 0.6 is 0 Å². The normalized spacial score (nSPS) is 12.9. The number of aryl methyl sites for hydroxylation is 1. The molecule has 1 atom stereocenters. The van der Waals surface area contributed by atoms with E-state index in [-0.39, 0.29) is 0 Å². The molecule has 1 aromatic carbocycles. The number of carbonyl (C=O) groups is 1. The summed E-state index contributed by atoms with van der Waals surface area (Å²) in [6.45, 7) is 0. The highest BCUT2D eigenvalue weighted by Gasteiger charge is 2.12. The van der Waals surface area contributed by atoms with Crippen LogP contribution in [0.2, 0.25) is 0 Å². The summed E-state index contributed by atoms with van der Waals surface area (Å²) >= 11 is 0. The Morgan fingerprint density at radius 3 is 2.88 bits per heavy atom. The van der Waals surface area contributed by atoms with Gasteiger partial charge in [0, 0.05) is 7.05 Å². The Morgan fingerprint density at radius 2 is 2.19 bits per heavy atom. The Hall–Kier alpha value is -1.95. The second-order valence-corrected chi connectivity index (χ2v) is 3.66. The monoisotopic (exact) mass is 220 g/mol. The molecule has 0 aliphatic rings. The Kier molecular flexibility index (Phi) is 2.57. The SMILES string of the molecule is Cn1nc2ccc(C[C@H](N)C(=O)O)cc2n1. The Labute approximate surface area is 91.7 Å². The molecule has 2 aromatic rings. The molecule has 0 aliphatic carbocycles. The van der Waals surface area contributed by atoms with Crippen LogP contribution in [0.1, 0.15) is 5.56 Å². The van der Waals surface area contributed by atoms with Crippen molar-refractivity contribution >= 4 is 17.0 Å². The van der Waals surface area contributed by atoms with E-state index in [1.807, 2.05) is 18.2 Å². The van der Waals surface area contributed by atoms with Crippen molar-refractivity contribution in [3.63, 3.8) is 0 Å². The molecule has 0 amide bonds. The average Bonchev–Trinajstić information content (AvgIpc) is 2.57. The fourth-order valence-corrected chi connectivity index (χ4v) is 1.54. The van der Waals surface area contributed by atoms with Crippen LogP contribution in [-0.2, 0) is 18.3 Å². The number of aromatic nitrogens is 3. The Morgan fingerprint density at radius 1 is 1.50 bits per heavy atom. The van der Waals surface area contributed by atoms with Gasteiger partial charge in [0.25, 0.3) is 0 Å². The predicted molar refractivity (Wildman–Crippen MR) is 57.8 cm³/mol. The predicted octanol–water partition coefficient (Wildman–Crippen LogP) is -0.0773. The molecule has 0 saturated carbocycles. The highest BCUT2D eigenvalue weighted by Crippen LogP contribution is 2.12. The van der Waals surface area contributed by atoms with Gasteiger partial charge in [0.1, 0.15) is 17.1 Å². The third-order valence-electron chi connectivity index (χ3n) is 2.32. The smallest absolute Gasteiger partial charge is 0.320 e. The number of benzene rings is 1. The van der Waals surface area contributed by atoms with E-state index in [0.717, 1.165) is 16.6 Å². The molecule has 0 saturated heterocycles. The molecule has 1 heterocycles. The number of carboxylic acids is 1. The summed E-state index contributed by atoms with van der Waals surface area (Å²) in [5, 5.41) is 17.0. The molecule has 0 aliphatic heterocycles. The molecular formula is C10H12N4O2. The number of hydrogen-bond acceptors (Lipinski definition) is 4. The van der Waals surface area contributed by atoms with Crippen molar-refractivity contribution in [3.05, 3.63) is 23.8 Å². The fraction of sp³-hybridized carbons (Fsp3) is 0.300. The van der Waals surface area contributed by atoms with Crippen LogP contribution in [0.4, 0.5) is 0 Å². The molecule has 2 rings (SSSR count). The third-order valence-corrected chi connectivity index (χ3v) is 2.32. The number of hydrogen-bond donors (Lipinski definition) is 2. The van der Waals surface area contributed by atoms with Gasteiger partial charge in [-0.3, -0.25) is 4.79 Å². The van der Waals surface area contributed by atoms with Crippen molar-refractivity contribution in [3.8, 4) is 0 Å². The second kappa shape index (κ2) is 3.90. The van der Waals surface area contributed by atoms with Gasteiger partial charge in [-0.2, -0.15) is 15.0 Å². The van der Waals surface area contributed by atoms with Gasteiger partial charge in [0.15, 0.2) is 0 Å². The van der Waals surface area contributed by atoms with Gasteiger partial charge in [-0.05, 0) is 24.1 Å². The summed E-state index contributed by atoms with van der Waals surface area (Å²) in [7, 11) is 1.74. The van der Waals surface area contributed by atoms with Gasteiger partial charge in [0.2, 0.25) is 0 Å². The van der Waals surface area contributed by atoms with Crippen molar-refractivity contribution in [2.45, 2.75) is 12.5 Å². The number of fused-ring (bicyclic) bond motifs is 1. The van der Waals surface area contributed by atoms with E-state index >= 15 is 0 Å². The van der Waals surface area contributed by atoms with E-state index in [1.165, 1.54) is 4.80 Å². The summed E-state index contributed by atoms with van der Waals surface area (Å²) in [5.74, 6) is -1.00. The zero-order valence-corrected chi connectivity index (χ0v) is 8.79. The molecular weight excluding hydrogens is 208 g/mol. The van der Waals surface area contributed by atoms with E-state index in [4.69, 9.17) is 10.8 Å². The lowest BCUT2D eigenvalue weighted by atomic mass is 10.1. The number of rotatable bonds is 3. The van der Waals surface area contributed by atoms with Crippen LogP contribution in [0.5, 0.6) is 0 Å². The maximum Gasteiger partial charge on any atom is 0.320 e. The van der Waals surface area contributed by atoms with Crippen molar-refractivity contribution in [1.29, 1.82) is 0 Å². The molecule has 0 fully saturated rings. The number of aliphatic carboxylic acids is 1. The van der Waals surface area contributed by atoms with Crippen LogP contribution < -0.4 is 5.73 Å². The summed E-state index contributed by atoms with van der Waals surface area (Å²) in [6, 6.07) is 4.56. The van der Waals surface area contributed by atoms with Gasteiger partial charge in [-0.15, -0.1) is 0 Å². The molecule has 0 unspecified atom stereocenters. The standard InChI is InChI=1S/C10H12N4O2/c1-14-12-8-3-2-6(5-9(8)13-14)4-7(11)10(15)16/h2-3,5,7H,4,11H2,1H3,(H,15,16)/t7-/m0/s1. The highest BCUT2D eigenvalue weighted by molar-refractivity contribution is 5.76. The van der Waals surface area contributed by atoms with Crippen molar-refractivity contribution in [1.82, 2.24) is 15.0 Å². The van der Waals surface area contributed by atoms with Crippen LogP contribution in [-0.4, -0.2) is 32.1 Å². The zero-order valence-electron chi connectivity index (χ0n) is 8.79. The first-order valence-corrected chi connectivity index (χ1v) is 4.84. The Balaban J connectivity index is 2.28. The van der Waals surface area contributed by atoms with Crippen LogP contribution in [0.3, 0.4) is 0 Å². The molecule has 0 radical (unpaired) electrons. The third kappa shape index (κ3) is 2.01. The highest BCUT2D eigenvalue weighted by atomic mass is 16.4. The van der Waals surface area contributed by atoms with Crippen molar-refractivity contribution in [2.24, 2.45) is 12.8 Å². The lowest BCUT2D eigenvalue weighted by molar-refractivity contribution is -0.138. The maximum absolute atomic E-state index is 10.6. The summed E-state index contributed by atoms with van der Waals surface area (Å²) < 4.78 is 0. The molecule has 84 valence electrons. The number of nitrogens with two attached hydrogens (primary N) is 1. The van der Waals surface area contributed by atoms with E-state index in [1.54, 1.807) is 7.05 Å². The van der Waals surface area contributed by atoms with Gasteiger partial charge in [-0.1, -0.05) is 6.07 Å². The largest absolute Gasteiger partial charge is 0.480 e. The Bertz CT molecular complexity index is 535. The first kappa shape index (κ1) is 10.6. The van der Waals surface area contributed by atoms with Crippen LogP contribution in [0.25, 0.3) is 11.0 Å². The molecule has 3 N–H and O–H groups in total. The lowest BCUT2D eigenvalue weighted by Crippen LogP contribution is -2.32. The summed E-state index contributed by atoms with van der Waals surface area (Å²) in [5.41, 5.74) is 7.84. The molecule has 0 spiro atoms. The minimum absolute atomic E-state index is 0.293. The topological polar surface area (TPSA) is 94.0 Å². The second-order valence-electron chi connectivity index (χ2n) is 3.66. The maximum atomic E-state index is 10.6. The van der Waals surface area contributed by atoms with Crippen molar-refractivity contribution in [2.75, 3.05) is 0 Å². The first-order chi connectivity index (χ1) is 7.56. The molecule has 0 bridgehead atoms. The minimum Gasteiger partial charge on any atom is -0.480 e. The minimum atomic E-state index is -1.00. The van der Waals surface area contributed by atoms with Crippen LogP contribution in [0.15, 0.2) is 18.2 Å². The van der Waals surface area contributed by atoms with Crippen molar-refractivity contribution < 1.29 is 9.90 Å². The zero-order chi connectivity index (χ0) is 11.7. The van der Waals surface area contributed by atoms with Gasteiger partial charge >= 0.3 is 5.97 Å². The van der Waals surface area contributed by atoms with Crippen LogP contribution in [0, 0.1) is 0 Å². The van der Waals surface area contributed by atoms with E-state index in [2.05, 4.69) is 10.2 Å². The summed E-state index contributed by atoms with van der Waals surface area (Å²) in [6.07, 6.45) is 0.293. The number of carboxylic acid groups (broad SMARTS) is 1. The quantitative estimate of drug-likeness (QED) is 0.754. The van der Waals surface area contributed by atoms with Gasteiger partial charge < -0.3 is 10.8 Å². The first-order valence-electron chi connectivity index (χ1n) is 4.84. The van der Waals surface area contributed by atoms with Gasteiger partial charge in [0.05, 0.1) is 0 Å². The average molecular weight is 220 g/mol. The summed E-state index contributed by atoms with van der Waals surface area (Å²) in [4.78, 5) is 12.1. The van der Waals surface area contributed by atoms with E-state index in [9.17, 15) is 4.79 Å². The molecule has 16 heavy (non-hydrogen) atoms. The molecule has 6 heteroatoms. The number of nitrogens with zero attached hydrogens (tertiary/aromatic N) is 3. The molecule has 6 nitrogen and oxygen atoms in total. The van der Waals surface area contributed by atoms with Gasteiger partial charge in [-0.25, -0.2) is 0 Å². The lowest BCUT2D eigenvalue weighted by Gasteiger charge is -2.05. The molecule has 1 aromatic heterocycles.